The topological polar surface area (TPSA) is 53.2 Å². The summed E-state index contributed by atoms with van der Waals surface area (Å²) in [4.78, 5) is 2.45. The fourth-order valence-electron chi connectivity index (χ4n) is 2.95. The van der Waals surface area contributed by atoms with E-state index in [-0.39, 0.29) is 0 Å². The average Bonchev–Trinajstić information content (AvgIpc) is 2.89. The van der Waals surface area contributed by atoms with Crippen LogP contribution in [0.25, 0.3) is 0 Å². The van der Waals surface area contributed by atoms with Crippen molar-refractivity contribution >= 4 is 0 Å². The van der Waals surface area contributed by atoms with Crippen molar-refractivity contribution in [2.24, 2.45) is 0 Å². The number of rotatable bonds is 6. The highest BCUT2D eigenvalue weighted by Gasteiger charge is 2.10. The Kier molecular flexibility index (Phi) is 5.43. The highest BCUT2D eigenvalue weighted by molar-refractivity contribution is 5.24. The van der Waals surface area contributed by atoms with E-state index >= 15 is 0 Å². The maximum absolute atomic E-state index is 5.39. The fourth-order valence-corrected chi connectivity index (χ4v) is 2.95. The molecule has 0 amide bonds. The molecule has 1 saturated heterocycles. The maximum Gasteiger partial charge on any atom is 0.0638 e. The van der Waals surface area contributed by atoms with Crippen LogP contribution in [0, 0.1) is 13.8 Å². The highest BCUT2D eigenvalue weighted by atomic mass is 16.5. The Bertz CT molecular complexity index is 595. The van der Waals surface area contributed by atoms with Crippen LogP contribution in [0.2, 0.25) is 0 Å². The number of aromatic amines is 1. The van der Waals surface area contributed by atoms with Crippen molar-refractivity contribution in [3.05, 3.63) is 52.3 Å². The first-order valence-electron chi connectivity index (χ1n) is 8.31. The molecule has 0 spiro atoms. The van der Waals surface area contributed by atoms with E-state index in [1.165, 1.54) is 16.7 Å². The van der Waals surface area contributed by atoms with Crippen molar-refractivity contribution in [3.63, 3.8) is 0 Å². The van der Waals surface area contributed by atoms with Crippen molar-refractivity contribution in [1.29, 1.82) is 0 Å². The number of aryl methyl sites for hydroxylation is 2. The van der Waals surface area contributed by atoms with Gasteiger partial charge in [-0.25, -0.2) is 0 Å². The molecule has 0 aliphatic carbocycles. The lowest BCUT2D eigenvalue weighted by Crippen LogP contribution is -2.35. The van der Waals surface area contributed by atoms with Gasteiger partial charge in [-0.3, -0.25) is 10.00 Å². The Labute approximate surface area is 138 Å². The number of hydrogen-bond acceptors (Lipinski definition) is 4. The molecule has 0 radical (unpaired) electrons. The molecule has 3 rings (SSSR count). The van der Waals surface area contributed by atoms with Gasteiger partial charge in [0.05, 0.1) is 18.9 Å². The van der Waals surface area contributed by atoms with Crippen LogP contribution >= 0.6 is 0 Å². The molecule has 0 saturated carbocycles. The summed E-state index contributed by atoms with van der Waals surface area (Å²) in [6.07, 6.45) is 0. The molecule has 2 N–H and O–H groups in total. The van der Waals surface area contributed by atoms with Crippen LogP contribution in [0.15, 0.2) is 24.3 Å². The Hall–Kier alpha value is -1.69. The van der Waals surface area contributed by atoms with Gasteiger partial charge in [-0.1, -0.05) is 24.3 Å². The van der Waals surface area contributed by atoms with Crippen LogP contribution in [0.5, 0.6) is 0 Å². The van der Waals surface area contributed by atoms with Gasteiger partial charge in [-0.05, 0) is 25.0 Å². The second-order valence-electron chi connectivity index (χ2n) is 6.22. The molecule has 23 heavy (non-hydrogen) atoms. The van der Waals surface area contributed by atoms with E-state index in [2.05, 4.69) is 51.6 Å². The smallest absolute Gasteiger partial charge is 0.0638 e. The van der Waals surface area contributed by atoms with Crippen LogP contribution in [0.4, 0.5) is 0 Å². The minimum Gasteiger partial charge on any atom is -0.379 e. The van der Waals surface area contributed by atoms with Crippen LogP contribution < -0.4 is 5.32 Å². The number of ether oxygens (including phenoxy) is 1. The van der Waals surface area contributed by atoms with Crippen molar-refractivity contribution in [2.75, 3.05) is 26.3 Å². The molecule has 5 heteroatoms. The molecule has 1 aromatic heterocycles. The Morgan fingerprint density at radius 3 is 2.43 bits per heavy atom. The van der Waals surface area contributed by atoms with Crippen molar-refractivity contribution in [1.82, 2.24) is 20.4 Å². The summed E-state index contributed by atoms with van der Waals surface area (Å²) < 4.78 is 5.39. The van der Waals surface area contributed by atoms with Gasteiger partial charge in [-0.2, -0.15) is 5.10 Å². The van der Waals surface area contributed by atoms with Gasteiger partial charge in [0.25, 0.3) is 0 Å². The number of nitrogens with zero attached hydrogens (tertiary/aromatic N) is 2. The summed E-state index contributed by atoms with van der Waals surface area (Å²) >= 11 is 0. The molecule has 124 valence electrons. The monoisotopic (exact) mass is 314 g/mol. The van der Waals surface area contributed by atoms with E-state index in [1.807, 2.05) is 6.92 Å². The number of H-pyrrole nitrogens is 1. The van der Waals surface area contributed by atoms with Gasteiger partial charge in [0.1, 0.15) is 0 Å². The van der Waals surface area contributed by atoms with Crippen LogP contribution in [0.1, 0.15) is 28.1 Å². The number of hydrogen-bond donors (Lipinski definition) is 2. The molecule has 2 aromatic rings. The molecule has 0 atom stereocenters. The van der Waals surface area contributed by atoms with E-state index < -0.39 is 0 Å². The van der Waals surface area contributed by atoms with Crippen LogP contribution in [0.3, 0.4) is 0 Å². The standard InChI is InChI=1S/C18H26N4O/c1-14-18(15(2)21-20-14)12-19-11-16-3-5-17(6-4-16)13-22-7-9-23-10-8-22/h3-6,19H,7-13H2,1-2H3,(H,20,21). The summed E-state index contributed by atoms with van der Waals surface area (Å²) in [7, 11) is 0. The Balaban J connectivity index is 1.47. The second-order valence-corrected chi connectivity index (χ2v) is 6.22. The number of aromatic nitrogens is 2. The van der Waals surface area contributed by atoms with E-state index in [4.69, 9.17) is 4.74 Å². The van der Waals surface area contributed by atoms with E-state index in [0.29, 0.717) is 0 Å². The number of nitrogens with one attached hydrogen (secondary N) is 2. The SMILES string of the molecule is Cc1n[nH]c(C)c1CNCc1ccc(CN2CCOCC2)cc1. The van der Waals surface area contributed by atoms with Crippen molar-refractivity contribution in [2.45, 2.75) is 33.5 Å². The predicted molar refractivity (Wildman–Crippen MR) is 91.1 cm³/mol. The van der Waals surface area contributed by atoms with Crippen LogP contribution in [-0.4, -0.2) is 41.4 Å². The first kappa shape index (κ1) is 16.2. The third kappa shape index (κ3) is 4.41. The van der Waals surface area contributed by atoms with Gasteiger partial charge in [0.15, 0.2) is 0 Å². The first-order chi connectivity index (χ1) is 11.2. The first-order valence-corrected chi connectivity index (χ1v) is 8.31. The normalized spacial score (nSPS) is 15.9. The lowest BCUT2D eigenvalue weighted by molar-refractivity contribution is 0.0342. The zero-order valence-corrected chi connectivity index (χ0v) is 14.1. The van der Waals surface area contributed by atoms with E-state index in [1.54, 1.807) is 0 Å². The summed E-state index contributed by atoms with van der Waals surface area (Å²) in [5, 5.41) is 10.8. The summed E-state index contributed by atoms with van der Waals surface area (Å²) in [5.74, 6) is 0. The fraction of sp³-hybridized carbons (Fsp3) is 0.500. The molecule has 1 aliphatic rings. The molecule has 0 bridgehead atoms. The predicted octanol–water partition coefficient (Wildman–Crippen LogP) is 2.15. The van der Waals surface area contributed by atoms with Crippen LogP contribution in [-0.2, 0) is 24.4 Å². The molecular formula is C18H26N4O. The largest absolute Gasteiger partial charge is 0.379 e. The highest BCUT2D eigenvalue weighted by Crippen LogP contribution is 2.11. The maximum atomic E-state index is 5.39. The molecule has 1 fully saturated rings. The van der Waals surface area contributed by atoms with E-state index in [9.17, 15) is 0 Å². The minimum atomic E-state index is 0.851. The quantitative estimate of drug-likeness (QED) is 0.858. The Morgan fingerprint density at radius 2 is 1.78 bits per heavy atom. The average molecular weight is 314 g/mol. The molecule has 2 heterocycles. The van der Waals surface area contributed by atoms with Crippen molar-refractivity contribution < 1.29 is 4.74 Å². The van der Waals surface area contributed by atoms with Gasteiger partial charge < -0.3 is 10.1 Å². The van der Waals surface area contributed by atoms with E-state index in [0.717, 1.165) is 57.3 Å². The molecule has 0 unspecified atom stereocenters. The van der Waals surface area contributed by atoms with Gasteiger partial charge in [0, 0.05) is 44.0 Å². The second kappa shape index (κ2) is 7.73. The minimum absolute atomic E-state index is 0.851. The lowest BCUT2D eigenvalue weighted by Gasteiger charge is -2.26. The molecule has 1 aliphatic heterocycles. The Morgan fingerprint density at radius 1 is 1.09 bits per heavy atom. The third-order valence-corrected chi connectivity index (χ3v) is 4.44. The van der Waals surface area contributed by atoms with Gasteiger partial charge in [-0.15, -0.1) is 0 Å². The molecule has 5 nitrogen and oxygen atoms in total. The zero-order chi connectivity index (χ0) is 16.1. The lowest BCUT2D eigenvalue weighted by atomic mass is 10.1. The molecular weight excluding hydrogens is 288 g/mol. The third-order valence-electron chi connectivity index (χ3n) is 4.44. The summed E-state index contributed by atoms with van der Waals surface area (Å²) in [6.45, 7) is 10.6. The van der Waals surface area contributed by atoms with Crippen molar-refractivity contribution in [3.8, 4) is 0 Å². The summed E-state index contributed by atoms with van der Waals surface area (Å²) in [5.41, 5.74) is 6.19. The van der Waals surface area contributed by atoms with Gasteiger partial charge in [0.2, 0.25) is 0 Å². The van der Waals surface area contributed by atoms with Gasteiger partial charge >= 0.3 is 0 Å². The number of morpholine rings is 1. The number of benzene rings is 1. The zero-order valence-electron chi connectivity index (χ0n) is 14.1. The molecule has 1 aromatic carbocycles. The summed E-state index contributed by atoms with van der Waals surface area (Å²) in [6, 6.07) is 8.91.